The molecule has 0 radical (unpaired) electrons. The maximum Gasteiger partial charge on any atom is 0.167 e. The molecular formula is C10H13N5O3S. The Morgan fingerprint density at radius 1 is 1.42 bits per heavy atom. The fourth-order valence-corrected chi connectivity index (χ4v) is 2.57. The molecule has 2 aromatic heterocycles. The Kier molecular flexibility index (Phi) is 3.05. The number of hydrogen-bond donors (Lipinski definition) is 4. The van der Waals surface area contributed by atoms with Crippen molar-refractivity contribution in [2.24, 2.45) is 0 Å². The van der Waals surface area contributed by atoms with Crippen LogP contribution in [0.1, 0.15) is 6.23 Å². The monoisotopic (exact) mass is 283 g/mol. The average molecular weight is 283 g/mol. The van der Waals surface area contributed by atoms with E-state index in [9.17, 15) is 5.11 Å². The summed E-state index contributed by atoms with van der Waals surface area (Å²) in [4.78, 5) is 12.1. The van der Waals surface area contributed by atoms with Gasteiger partial charge in [-0.3, -0.25) is 4.57 Å². The van der Waals surface area contributed by atoms with Gasteiger partial charge in [0.15, 0.2) is 17.7 Å². The van der Waals surface area contributed by atoms with Gasteiger partial charge in [0.05, 0.1) is 24.3 Å². The lowest BCUT2D eigenvalue weighted by Crippen LogP contribution is -2.30. The van der Waals surface area contributed by atoms with E-state index in [1.807, 2.05) is 0 Å². The third kappa shape index (κ3) is 1.86. The van der Waals surface area contributed by atoms with E-state index in [-0.39, 0.29) is 12.4 Å². The van der Waals surface area contributed by atoms with Crippen LogP contribution in [-0.2, 0) is 4.74 Å². The van der Waals surface area contributed by atoms with Crippen LogP contribution in [0.2, 0.25) is 0 Å². The fourth-order valence-electron chi connectivity index (χ4n) is 2.17. The Hall–Kier alpha value is -1.42. The number of ether oxygens (including phenoxy) is 1. The molecular weight excluding hydrogens is 270 g/mol. The zero-order chi connectivity index (χ0) is 13.6. The Labute approximate surface area is 113 Å². The molecule has 0 bridgehead atoms. The molecule has 8 nitrogen and oxygen atoms in total. The number of fused-ring (bicyclic) bond motifs is 1. The molecule has 4 N–H and O–H groups in total. The van der Waals surface area contributed by atoms with Crippen molar-refractivity contribution in [3.05, 3.63) is 12.7 Å². The molecule has 0 aromatic carbocycles. The molecule has 0 aliphatic carbocycles. The third-order valence-corrected chi connectivity index (χ3v) is 3.74. The van der Waals surface area contributed by atoms with Crippen molar-refractivity contribution in [3.63, 3.8) is 0 Å². The molecule has 1 saturated heterocycles. The van der Waals surface area contributed by atoms with Gasteiger partial charge in [-0.05, 0) is 0 Å². The average Bonchev–Trinajstić information content (AvgIpc) is 2.94. The molecule has 1 fully saturated rings. The lowest BCUT2D eigenvalue weighted by atomic mass is 10.2. The Morgan fingerprint density at radius 2 is 2.21 bits per heavy atom. The lowest BCUT2D eigenvalue weighted by molar-refractivity contribution is -0.0430. The molecule has 19 heavy (non-hydrogen) atoms. The first-order valence-corrected chi connectivity index (χ1v) is 6.20. The van der Waals surface area contributed by atoms with Gasteiger partial charge in [0.25, 0.3) is 0 Å². The van der Waals surface area contributed by atoms with E-state index in [1.54, 1.807) is 4.57 Å². The van der Waals surface area contributed by atoms with E-state index in [1.165, 1.54) is 12.7 Å². The highest BCUT2D eigenvalue weighted by atomic mass is 32.1. The standard InChI is InChI=1S/C10H13N5O3S/c11-8-5-9(13-2-12-8)15(3-14-5)10-7(19)6(17)4(1-16)18-10/h2-4,6-7,10,16-17,19H,1H2,(H2,11,12,13)/t4-,6-,7+,10-/m1/s1. The normalized spacial score (nSPS) is 31.1. The second kappa shape index (κ2) is 4.60. The highest BCUT2D eigenvalue weighted by Gasteiger charge is 2.42. The van der Waals surface area contributed by atoms with Gasteiger partial charge in [-0.2, -0.15) is 12.6 Å². The number of rotatable bonds is 2. The third-order valence-electron chi connectivity index (χ3n) is 3.18. The van der Waals surface area contributed by atoms with Gasteiger partial charge in [-0.25, -0.2) is 15.0 Å². The summed E-state index contributed by atoms with van der Waals surface area (Å²) < 4.78 is 7.20. The number of aliphatic hydroxyl groups excluding tert-OH is 2. The number of anilines is 1. The predicted molar refractivity (Wildman–Crippen MR) is 69.5 cm³/mol. The minimum Gasteiger partial charge on any atom is -0.394 e. The molecule has 1 aliphatic rings. The van der Waals surface area contributed by atoms with Crippen molar-refractivity contribution >= 4 is 29.6 Å². The summed E-state index contributed by atoms with van der Waals surface area (Å²) in [7, 11) is 0. The minimum absolute atomic E-state index is 0.275. The number of aromatic nitrogens is 4. The minimum atomic E-state index is -0.866. The molecule has 9 heteroatoms. The van der Waals surface area contributed by atoms with Crippen LogP contribution in [0.5, 0.6) is 0 Å². The summed E-state index contributed by atoms with van der Waals surface area (Å²) in [6.45, 7) is -0.279. The number of nitrogens with zero attached hydrogens (tertiary/aromatic N) is 4. The van der Waals surface area contributed by atoms with Gasteiger partial charge < -0.3 is 20.7 Å². The summed E-state index contributed by atoms with van der Waals surface area (Å²) in [5, 5.41) is 18.5. The van der Waals surface area contributed by atoms with Crippen LogP contribution in [0.25, 0.3) is 11.2 Å². The first-order chi connectivity index (χ1) is 9.13. The number of nitrogen functional groups attached to an aromatic ring is 1. The largest absolute Gasteiger partial charge is 0.394 e. The second-order valence-electron chi connectivity index (χ2n) is 4.31. The SMILES string of the molecule is Nc1ncnc2c1ncn2[C@@H]1O[C@H](CO)[C@@H](O)[C@@H]1S. The van der Waals surface area contributed by atoms with Gasteiger partial charge in [-0.1, -0.05) is 0 Å². The van der Waals surface area contributed by atoms with Crippen molar-refractivity contribution in [2.45, 2.75) is 23.7 Å². The maximum absolute atomic E-state index is 9.90. The van der Waals surface area contributed by atoms with Gasteiger partial charge in [0.1, 0.15) is 17.9 Å². The number of hydrogen-bond acceptors (Lipinski definition) is 8. The zero-order valence-electron chi connectivity index (χ0n) is 9.79. The zero-order valence-corrected chi connectivity index (χ0v) is 10.7. The van der Waals surface area contributed by atoms with E-state index in [0.717, 1.165) is 0 Å². The maximum atomic E-state index is 9.90. The van der Waals surface area contributed by atoms with Gasteiger partial charge >= 0.3 is 0 Å². The number of aliphatic hydroxyl groups is 2. The molecule has 0 saturated carbocycles. The van der Waals surface area contributed by atoms with Crippen molar-refractivity contribution in [1.82, 2.24) is 19.5 Å². The van der Waals surface area contributed by atoms with Crippen molar-refractivity contribution in [2.75, 3.05) is 12.3 Å². The topological polar surface area (TPSA) is 119 Å². The highest BCUT2D eigenvalue weighted by molar-refractivity contribution is 7.81. The van der Waals surface area contributed by atoms with Crippen LogP contribution in [0, 0.1) is 0 Å². The first-order valence-electron chi connectivity index (χ1n) is 5.69. The molecule has 0 unspecified atom stereocenters. The van der Waals surface area contributed by atoms with E-state index in [0.29, 0.717) is 11.2 Å². The van der Waals surface area contributed by atoms with Crippen LogP contribution in [0.3, 0.4) is 0 Å². The van der Waals surface area contributed by atoms with Gasteiger partial charge in [0, 0.05) is 0 Å². The number of imidazole rings is 1. The van der Waals surface area contributed by atoms with Crippen LogP contribution < -0.4 is 5.73 Å². The lowest BCUT2D eigenvalue weighted by Gasteiger charge is -2.16. The molecule has 102 valence electrons. The summed E-state index contributed by atoms with van der Waals surface area (Å²) in [5.74, 6) is 0.275. The van der Waals surface area contributed by atoms with Gasteiger partial charge in [0.2, 0.25) is 0 Å². The van der Waals surface area contributed by atoms with Crippen LogP contribution in [0.15, 0.2) is 12.7 Å². The van der Waals surface area contributed by atoms with Crippen molar-refractivity contribution < 1.29 is 14.9 Å². The van der Waals surface area contributed by atoms with Gasteiger partial charge in [-0.15, -0.1) is 0 Å². The van der Waals surface area contributed by atoms with E-state index >= 15 is 0 Å². The first kappa shape index (κ1) is 12.6. The number of nitrogens with two attached hydrogens (primary N) is 1. The Balaban J connectivity index is 2.04. The van der Waals surface area contributed by atoms with Crippen molar-refractivity contribution in [3.8, 4) is 0 Å². The summed E-state index contributed by atoms with van der Waals surface area (Å²) in [6.07, 6.45) is 0.725. The number of thiol groups is 1. The fraction of sp³-hybridized carbons (Fsp3) is 0.500. The smallest absolute Gasteiger partial charge is 0.167 e. The molecule has 0 spiro atoms. The molecule has 3 rings (SSSR count). The molecule has 0 amide bonds. The van der Waals surface area contributed by atoms with Crippen molar-refractivity contribution in [1.29, 1.82) is 0 Å². The predicted octanol–water partition coefficient (Wildman–Crippen LogP) is -1.04. The highest BCUT2D eigenvalue weighted by Crippen LogP contribution is 2.34. The van der Waals surface area contributed by atoms with Crippen LogP contribution in [0.4, 0.5) is 5.82 Å². The van der Waals surface area contributed by atoms with E-state index in [4.69, 9.17) is 15.6 Å². The van der Waals surface area contributed by atoms with Crippen LogP contribution in [-0.4, -0.2) is 53.8 Å². The molecule has 4 atom stereocenters. The Bertz CT molecular complexity index is 606. The molecule has 1 aliphatic heterocycles. The molecule has 2 aromatic rings. The quantitative estimate of drug-likeness (QED) is 0.520. The Morgan fingerprint density at radius 3 is 2.89 bits per heavy atom. The second-order valence-corrected chi connectivity index (χ2v) is 4.91. The summed E-state index contributed by atoms with van der Waals surface area (Å²) in [5.41, 5.74) is 6.68. The summed E-state index contributed by atoms with van der Waals surface area (Å²) >= 11 is 4.32. The summed E-state index contributed by atoms with van der Waals surface area (Å²) in [6, 6.07) is 0. The van der Waals surface area contributed by atoms with Crippen LogP contribution >= 0.6 is 12.6 Å². The van der Waals surface area contributed by atoms with E-state index in [2.05, 4.69) is 27.6 Å². The molecule has 3 heterocycles. The van der Waals surface area contributed by atoms with E-state index < -0.39 is 23.7 Å².